The maximum Gasteiger partial charge on any atom is 0.303 e. The maximum absolute atomic E-state index is 12.2. The average molecular weight is 362 g/mol. The summed E-state index contributed by atoms with van der Waals surface area (Å²) in [5.41, 5.74) is 2.01. The van der Waals surface area contributed by atoms with Gasteiger partial charge in [-0.3, -0.25) is 14.5 Å². The van der Waals surface area contributed by atoms with Gasteiger partial charge in [-0.05, 0) is 50.3 Å². The third kappa shape index (κ3) is 7.04. The van der Waals surface area contributed by atoms with Crippen LogP contribution in [0.15, 0.2) is 18.2 Å². The van der Waals surface area contributed by atoms with Crippen molar-refractivity contribution in [2.45, 2.75) is 52.0 Å². The van der Waals surface area contributed by atoms with E-state index in [2.05, 4.69) is 17.1 Å². The number of benzene rings is 1. The van der Waals surface area contributed by atoms with Gasteiger partial charge in [0.25, 0.3) is 0 Å². The van der Waals surface area contributed by atoms with Crippen LogP contribution in [-0.2, 0) is 22.6 Å². The predicted molar refractivity (Wildman–Crippen MR) is 100 cm³/mol. The summed E-state index contributed by atoms with van der Waals surface area (Å²) in [6.45, 7) is 5.28. The smallest absolute Gasteiger partial charge is 0.303 e. The Bertz CT molecular complexity index is 603. The number of hydrogen-bond donors (Lipinski definition) is 2. The molecule has 1 amide bonds. The van der Waals surface area contributed by atoms with Crippen molar-refractivity contribution in [3.05, 3.63) is 29.3 Å². The topological polar surface area (TPSA) is 78.9 Å². The van der Waals surface area contributed by atoms with Crippen LogP contribution in [0.1, 0.15) is 50.2 Å². The molecule has 6 nitrogen and oxygen atoms in total. The van der Waals surface area contributed by atoms with Gasteiger partial charge in [0.15, 0.2) is 0 Å². The number of aryl methyl sites for hydroxylation is 1. The van der Waals surface area contributed by atoms with E-state index in [1.165, 1.54) is 0 Å². The van der Waals surface area contributed by atoms with Crippen molar-refractivity contribution in [3.63, 3.8) is 0 Å². The van der Waals surface area contributed by atoms with Crippen LogP contribution >= 0.6 is 0 Å². The van der Waals surface area contributed by atoms with Gasteiger partial charge in [-0.15, -0.1) is 0 Å². The van der Waals surface area contributed by atoms with E-state index >= 15 is 0 Å². The first kappa shape index (κ1) is 20.2. The Morgan fingerprint density at radius 2 is 2.12 bits per heavy atom. The highest BCUT2D eigenvalue weighted by Gasteiger charge is 2.15. The molecule has 1 aliphatic heterocycles. The number of carbonyl (C=O) groups is 2. The number of fused-ring (bicyclic) bond motifs is 1. The van der Waals surface area contributed by atoms with Crippen molar-refractivity contribution >= 4 is 11.9 Å². The number of nitrogens with one attached hydrogen (secondary N) is 1. The molecule has 2 N–H and O–H groups in total. The van der Waals surface area contributed by atoms with E-state index < -0.39 is 5.97 Å². The van der Waals surface area contributed by atoms with Gasteiger partial charge in [0.05, 0.1) is 13.2 Å². The van der Waals surface area contributed by atoms with Crippen LogP contribution < -0.4 is 10.1 Å². The third-order valence-corrected chi connectivity index (χ3v) is 4.45. The van der Waals surface area contributed by atoms with Crippen LogP contribution in [0.5, 0.6) is 5.75 Å². The molecule has 0 fully saturated rings. The molecule has 6 heteroatoms. The highest BCUT2D eigenvalue weighted by atomic mass is 16.5. The Labute approximate surface area is 155 Å². The molecule has 0 saturated heterocycles. The Kier molecular flexibility index (Phi) is 8.41. The highest BCUT2D eigenvalue weighted by Crippen LogP contribution is 2.23. The number of carboxylic acid groups (broad SMARTS) is 1. The van der Waals surface area contributed by atoms with Crippen LogP contribution in [0.25, 0.3) is 0 Å². The van der Waals surface area contributed by atoms with E-state index in [4.69, 9.17) is 9.84 Å². The van der Waals surface area contributed by atoms with Crippen molar-refractivity contribution < 1.29 is 19.4 Å². The summed E-state index contributed by atoms with van der Waals surface area (Å²) in [6.07, 6.45) is 4.50. The molecule has 1 heterocycles. The van der Waals surface area contributed by atoms with Crippen molar-refractivity contribution in [2.24, 2.45) is 0 Å². The van der Waals surface area contributed by atoms with E-state index in [9.17, 15) is 9.59 Å². The largest absolute Gasteiger partial charge is 0.493 e. The van der Waals surface area contributed by atoms with E-state index in [1.54, 1.807) is 0 Å². The number of ether oxygens (including phenoxy) is 1. The second-order valence-electron chi connectivity index (χ2n) is 6.81. The molecular formula is C20H30N2O4. The molecule has 0 bridgehead atoms. The van der Waals surface area contributed by atoms with Crippen molar-refractivity contribution in [1.82, 2.24) is 10.2 Å². The van der Waals surface area contributed by atoms with Gasteiger partial charge < -0.3 is 15.2 Å². The fourth-order valence-corrected chi connectivity index (χ4v) is 3.15. The lowest BCUT2D eigenvalue weighted by atomic mass is 10.0. The van der Waals surface area contributed by atoms with Gasteiger partial charge in [0.1, 0.15) is 5.75 Å². The molecule has 1 aromatic carbocycles. The van der Waals surface area contributed by atoms with E-state index in [0.717, 1.165) is 49.1 Å². The van der Waals surface area contributed by atoms with Crippen molar-refractivity contribution in [1.29, 1.82) is 0 Å². The first-order valence-corrected chi connectivity index (χ1v) is 9.54. The molecule has 0 saturated carbocycles. The Hall–Kier alpha value is -2.08. The van der Waals surface area contributed by atoms with Gasteiger partial charge in [0, 0.05) is 25.1 Å². The molecule has 144 valence electrons. The second kappa shape index (κ2) is 10.8. The zero-order chi connectivity index (χ0) is 18.8. The number of hydrogen-bond acceptors (Lipinski definition) is 4. The number of carbonyl (C=O) groups excluding carboxylic acids is 1. The minimum Gasteiger partial charge on any atom is -0.493 e. The summed E-state index contributed by atoms with van der Waals surface area (Å²) in [7, 11) is 0. The van der Waals surface area contributed by atoms with Crippen molar-refractivity contribution in [2.75, 3.05) is 26.2 Å². The maximum atomic E-state index is 12.2. The predicted octanol–water partition coefficient (Wildman–Crippen LogP) is 2.59. The lowest BCUT2D eigenvalue weighted by molar-refractivity contribution is -0.137. The van der Waals surface area contributed by atoms with Gasteiger partial charge in [0.2, 0.25) is 5.91 Å². The van der Waals surface area contributed by atoms with Gasteiger partial charge in [-0.2, -0.15) is 0 Å². The minimum atomic E-state index is -0.797. The average Bonchev–Trinajstić information content (AvgIpc) is 2.61. The molecule has 0 spiro atoms. The molecular weight excluding hydrogens is 332 g/mol. The van der Waals surface area contributed by atoms with Crippen LogP contribution in [0.3, 0.4) is 0 Å². The molecule has 1 aliphatic rings. The number of amides is 1. The summed E-state index contributed by atoms with van der Waals surface area (Å²) in [6, 6.07) is 5.91. The molecule has 0 aromatic heterocycles. The number of rotatable bonds is 5. The van der Waals surface area contributed by atoms with Gasteiger partial charge in [-0.1, -0.05) is 19.1 Å². The standard InChI is InChI=1S/C20H30N2O4/c1-2-11-22-14-17-13-16(7-9-20(24)25)6-8-18(17)26-12-5-3-4-10-21-19(23)15-22/h6,8,13H,2-5,7,9-12,14-15H2,1H3,(H,21,23)(H,24,25). The molecule has 2 rings (SSSR count). The zero-order valence-corrected chi connectivity index (χ0v) is 15.6. The number of aliphatic carboxylic acids is 1. The summed E-state index contributed by atoms with van der Waals surface area (Å²) in [5, 5.41) is 11.9. The first-order valence-electron chi connectivity index (χ1n) is 9.54. The zero-order valence-electron chi connectivity index (χ0n) is 15.6. The molecule has 0 unspecified atom stereocenters. The summed E-state index contributed by atoms with van der Waals surface area (Å²) >= 11 is 0. The number of carboxylic acids is 1. The highest BCUT2D eigenvalue weighted by molar-refractivity contribution is 5.78. The first-order chi connectivity index (χ1) is 12.6. The SMILES string of the molecule is CCCN1CC(=O)NCCCCCOc2ccc(CCC(=O)O)cc2C1. The summed E-state index contributed by atoms with van der Waals surface area (Å²) in [4.78, 5) is 25.1. The fraction of sp³-hybridized carbons (Fsp3) is 0.600. The van der Waals surface area contributed by atoms with Gasteiger partial charge >= 0.3 is 5.97 Å². The summed E-state index contributed by atoms with van der Waals surface area (Å²) < 4.78 is 5.99. The Morgan fingerprint density at radius 1 is 1.27 bits per heavy atom. The molecule has 0 aliphatic carbocycles. The van der Waals surface area contributed by atoms with Crippen LogP contribution in [-0.4, -0.2) is 48.1 Å². The monoisotopic (exact) mass is 362 g/mol. The fourth-order valence-electron chi connectivity index (χ4n) is 3.15. The Balaban J connectivity index is 2.20. The van der Waals surface area contributed by atoms with E-state index in [-0.39, 0.29) is 12.3 Å². The minimum absolute atomic E-state index is 0.0576. The lowest BCUT2D eigenvalue weighted by Crippen LogP contribution is -2.37. The molecule has 0 radical (unpaired) electrons. The van der Waals surface area contributed by atoms with E-state index in [1.807, 2.05) is 18.2 Å². The van der Waals surface area contributed by atoms with Crippen LogP contribution in [0, 0.1) is 0 Å². The van der Waals surface area contributed by atoms with Crippen molar-refractivity contribution in [3.8, 4) is 5.75 Å². The molecule has 1 aromatic rings. The molecule has 0 atom stereocenters. The van der Waals surface area contributed by atoms with Crippen LogP contribution in [0.2, 0.25) is 0 Å². The Morgan fingerprint density at radius 3 is 2.88 bits per heavy atom. The van der Waals surface area contributed by atoms with E-state index in [0.29, 0.717) is 32.7 Å². The van der Waals surface area contributed by atoms with Crippen LogP contribution in [0.4, 0.5) is 0 Å². The second-order valence-corrected chi connectivity index (χ2v) is 6.81. The summed E-state index contributed by atoms with van der Waals surface area (Å²) in [5.74, 6) is 0.0987. The lowest BCUT2D eigenvalue weighted by Gasteiger charge is -2.23. The number of nitrogens with zero attached hydrogens (tertiary/aromatic N) is 1. The third-order valence-electron chi connectivity index (χ3n) is 4.45. The van der Waals surface area contributed by atoms with Gasteiger partial charge in [-0.25, -0.2) is 0 Å². The normalized spacial score (nSPS) is 17.0. The molecule has 26 heavy (non-hydrogen) atoms. The quantitative estimate of drug-likeness (QED) is 0.842.